The molecule has 1 heterocycles. The predicted molar refractivity (Wildman–Crippen MR) is 67.2 cm³/mol. The number of rotatable bonds is 6. The molecule has 94 valence electrons. The summed E-state index contributed by atoms with van der Waals surface area (Å²) in [6.45, 7) is 1.70. The fourth-order valence-electron chi connectivity index (χ4n) is 2.19. The number of aromatic nitrogens is 1. The van der Waals surface area contributed by atoms with Crippen LogP contribution in [0, 0.1) is 0 Å². The van der Waals surface area contributed by atoms with Crippen molar-refractivity contribution in [1.29, 1.82) is 0 Å². The van der Waals surface area contributed by atoms with Crippen LogP contribution in [0.2, 0.25) is 0 Å². The Hall–Kier alpha value is -1.17. The van der Waals surface area contributed by atoms with Crippen molar-refractivity contribution in [3.8, 4) is 0 Å². The monoisotopic (exact) mass is 236 g/mol. The standard InChI is InChI=1S/C12H20N4O/c13-15-12-10(3-2-6-14-12)9-16(7-8-17)11-4-1-5-11/h2-3,6,11,17H,1,4-5,7-9,13H2,(H,14,15). The number of nitrogen functional groups attached to an aromatic ring is 1. The van der Waals surface area contributed by atoms with E-state index in [-0.39, 0.29) is 6.61 Å². The first-order valence-electron chi connectivity index (χ1n) is 6.10. The highest BCUT2D eigenvalue weighted by Gasteiger charge is 2.25. The number of pyridine rings is 1. The summed E-state index contributed by atoms with van der Waals surface area (Å²) >= 11 is 0. The lowest BCUT2D eigenvalue weighted by Crippen LogP contribution is -2.41. The molecule has 1 aromatic heterocycles. The quantitative estimate of drug-likeness (QED) is 0.501. The second kappa shape index (κ2) is 5.95. The number of aliphatic hydroxyl groups excluding tert-OH is 1. The number of hydrazine groups is 1. The van der Waals surface area contributed by atoms with Crippen LogP contribution in [-0.4, -0.2) is 34.2 Å². The van der Waals surface area contributed by atoms with Gasteiger partial charge in [-0.3, -0.25) is 4.90 Å². The van der Waals surface area contributed by atoms with Crippen LogP contribution in [-0.2, 0) is 6.54 Å². The Morgan fingerprint density at radius 1 is 1.53 bits per heavy atom. The van der Waals surface area contributed by atoms with Crippen LogP contribution in [0.1, 0.15) is 24.8 Å². The van der Waals surface area contributed by atoms with Gasteiger partial charge in [-0.25, -0.2) is 10.8 Å². The van der Waals surface area contributed by atoms with Gasteiger partial charge in [0.1, 0.15) is 5.82 Å². The van der Waals surface area contributed by atoms with E-state index in [0.29, 0.717) is 12.6 Å². The van der Waals surface area contributed by atoms with Gasteiger partial charge in [-0.2, -0.15) is 0 Å². The van der Waals surface area contributed by atoms with E-state index in [1.165, 1.54) is 19.3 Å². The minimum Gasteiger partial charge on any atom is -0.395 e. The summed E-state index contributed by atoms with van der Waals surface area (Å²) in [5.74, 6) is 6.16. The summed E-state index contributed by atoms with van der Waals surface area (Å²) in [6, 6.07) is 4.53. The van der Waals surface area contributed by atoms with Gasteiger partial charge in [0.2, 0.25) is 0 Å². The van der Waals surface area contributed by atoms with E-state index in [2.05, 4.69) is 15.3 Å². The second-order valence-corrected chi connectivity index (χ2v) is 4.43. The molecule has 4 N–H and O–H groups in total. The lowest BCUT2D eigenvalue weighted by Gasteiger charge is -2.37. The maximum absolute atomic E-state index is 9.11. The highest BCUT2D eigenvalue weighted by atomic mass is 16.3. The fourth-order valence-corrected chi connectivity index (χ4v) is 2.19. The van der Waals surface area contributed by atoms with Crippen LogP contribution < -0.4 is 11.3 Å². The SMILES string of the molecule is NNc1ncccc1CN(CCO)C1CCC1. The Morgan fingerprint density at radius 3 is 2.94 bits per heavy atom. The van der Waals surface area contributed by atoms with E-state index in [1.807, 2.05) is 12.1 Å². The molecule has 0 aliphatic heterocycles. The Bertz CT molecular complexity index is 354. The second-order valence-electron chi connectivity index (χ2n) is 4.43. The predicted octanol–water partition coefficient (Wildman–Crippen LogP) is 0.714. The number of nitrogens with one attached hydrogen (secondary N) is 1. The van der Waals surface area contributed by atoms with Gasteiger partial charge in [-0.05, 0) is 18.9 Å². The van der Waals surface area contributed by atoms with Gasteiger partial charge >= 0.3 is 0 Å². The molecule has 0 atom stereocenters. The van der Waals surface area contributed by atoms with E-state index in [1.54, 1.807) is 6.20 Å². The fraction of sp³-hybridized carbons (Fsp3) is 0.583. The maximum Gasteiger partial charge on any atom is 0.144 e. The molecule has 0 bridgehead atoms. The minimum absolute atomic E-state index is 0.197. The average molecular weight is 236 g/mol. The summed E-state index contributed by atoms with van der Waals surface area (Å²) in [6.07, 6.45) is 5.47. The first kappa shape index (κ1) is 12.3. The van der Waals surface area contributed by atoms with E-state index in [0.717, 1.165) is 17.9 Å². The number of aliphatic hydroxyl groups is 1. The third-order valence-electron chi connectivity index (χ3n) is 3.38. The van der Waals surface area contributed by atoms with Crippen molar-refractivity contribution in [2.75, 3.05) is 18.6 Å². The number of anilines is 1. The van der Waals surface area contributed by atoms with Gasteiger partial charge in [0.15, 0.2) is 0 Å². The first-order chi connectivity index (χ1) is 8.35. The topological polar surface area (TPSA) is 74.4 Å². The van der Waals surface area contributed by atoms with Crippen LogP contribution in [0.4, 0.5) is 5.82 Å². The van der Waals surface area contributed by atoms with E-state index >= 15 is 0 Å². The molecule has 1 fully saturated rings. The van der Waals surface area contributed by atoms with Crippen molar-refractivity contribution in [3.63, 3.8) is 0 Å². The molecule has 1 aliphatic rings. The van der Waals surface area contributed by atoms with Crippen molar-refractivity contribution in [1.82, 2.24) is 9.88 Å². The summed E-state index contributed by atoms with van der Waals surface area (Å²) in [4.78, 5) is 6.50. The van der Waals surface area contributed by atoms with Crippen molar-refractivity contribution >= 4 is 5.82 Å². The molecule has 1 aromatic rings. The number of hydrogen-bond acceptors (Lipinski definition) is 5. The molecule has 0 unspecified atom stereocenters. The normalized spacial score (nSPS) is 15.9. The highest BCUT2D eigenvalue weighted by molar-refractivity contribution is 5.42. The molecular formula is C12H20N4O. The van der Waals surface area contributed by atoms with Gasteiger partial charge in [-0.15, -0.1) is 0 Å². The van der Waals surface area contributed by atoms with E-state index < -0.39 is 0 Å². The molecule has 0 aromatic carbocycles. The Labute approximate surface area is 102 Å². The van der Waals surface area contributed by atoms with Crippen LogP contribution in [0.25, 0.3) is 0 Å². The summed E-state index contributed by atoms with van der Waals surface area (Å²) < 4.78 is 0. The molecule has 5 heteroatoms. The zero-order valence-corrected chi connectivity index (χ0v) is 9.97. The average Bonchev–Trinajstić information content (AvgIpc) is 2.28. The minimum atomic E-state index is 0.197. The van der Waals surface area contributed by atoms with Crippen molar-refractivity contribution in [2.45, 2.75) is 31.8 Å². The lowest BCUT2D eigenvalue weighted by atomic mass is 9.91. The molecule has 0 amide bonds. The molecular weight excluding hydrogens is 216 g/mol. The molecule has 17 heavy (non-hydrogen) atoms. The maximum atomic E-state index is 9.11. The summed E-state index contributed by atoms with van der Waals surface area (Å²) in [5, 5.41) is 9.11. The largest absolute Gasteiger partial charge is 0.395 e. The molecule has 2 rings (SSSR count). The van der Waals surface area contributed by atoms with E-state index in [9.17, 15) is 0 Å². The van der Waals surface area contributed by atoms with Gasteiger partial charge < -0.3 is 10.5 Å². The Balaban J connectivity index is 2.05. The van der Waals surface area contributed by atoms with Gasteiger partial charge in [0.05, 0.1) is 6.61 Å². The summed E-state index contributed by atoms with van der Waals surface area (Å²) in [5.41, 5.74) is 3.70. The molecule has 0 radical (unpaired) electrons. The molecule has 0 spiro atoms. The van der Waals surface area contributed by atoms with Crippen molar-refractivity contribution in [3.05, 3.63) is 23.9 Å². The molecule has 5 nitrogen and oxygen atoms in total. The molecule has 1 saturated carbocycles. The highest BCUT2D eigenvalue weighted by Crippen LogP contribution is 2.26. The lowest BCUT2D eigenvalue weighted by molar-refractivity contribution is 0.0946. The summed E-state index contributed by atoms with van der Waals surface area (Å²) in [7, 11) is 0. The molecule has 0 saturated heterocycles. The van der Waals surface area contributed by atoms with Crippen molar-refractivity contribution in [2.24, 2.45) is 5.84 Å². The zero-order valence-electron chi connectivity index (χ0n) is 9.97. The zero-order chi connectivity index (χ0) is 12.1. The Morgan fingerprint density at radius 2 is 2.35 bits per heavy atom. The number of nitrogens with two attached hydrogens (primary N) is 1. The Kier molecular flexibility index (Phi) is 4.30. The van der Waals surface area contributed by atoms with Crippen molar-refractivity contribution < 1.29 is 5.11 Å². The smallest absolute Gasteiger partial charge is 0.144 e. The van der Waals surface area contributed by atoms with Crippen LogP contribution >= 0.6 is 0 Å². The third kappa shape index (κ3) is 2.94. The number of hydrogen-bond donors (Lipinski definition) is 3. The van der Waals surface area contributed by atoms with E-state index in [4.69, 9.17) is 10.9 Å². The molecule has 1 aliphatic carbocycles. The van der Waals surface area contributed by atoms with Gasteiger partial charge in [0, 0.05) is 30.9 Å². The van der Waals surface area contributed by atoms with Crippen LogP contribution in [0.5, 0.6) is 0 Å². The van der Waals surface area contributed by atoms with Gasteiger partial charge in [-0.1, -0.05) is 12.5 Å². The van der Waals surface area contributed by atoms with Crippen LogP contribution in [0.15, 0.2) is 18.3 Å². The first-order valence-corrected chi connectivity index (χ1v) is 6.10. The third-order valence-corrected chi connectivity index (χ3v) is 3.38. The number of nitrogens with zero attached hydrogens (tertiary/aromatic N) is 2. The van der Waals surface area contributed by atoms with Gasteiger partial charge in [0.25, 0.3) is 0 Å². The van der Waals surface area contributed by atoms with Crippen LogP contribution in [0.3, 0.4) is 0 Å².